The fourth-order valence-electron chi connectivity index (χ4n) is 1.92. The average Bonchev–Trinajstić information content (AvgIpc) is 2.92. The van der Waals surface area contributed by atoms with E-state index in [1.165, 1.54) is 6.07 Å². The van der Waals surface area contributed by atoms with E-state index >= 15 is 0 Å². The van der Waals surface area contributed by atoms with Gasteiger partial charge >= 0.3 is 0 Å². The van der Waals surface area contributed by atoms with E-state index in [0.29, 0.717) is 40.7 Å². The maximum Gasteiger partial charge on any atom is 0.235 e. The van der Waals surface area contributed by atoms with E-state index in [9.17, 15) is 4.39 Å². The van der Waals surface area contributed by atoms with Crippen molar-refractivity contribution in [2.75, 3.05) is 11.9 Å². The molecule has 2 N–H and O–H groups in total. The van der Waals surface area contributed by atoms with Crippen molar-refractivity contribution in [2.24, 2.45) is 0 Å². The number of aromatic amines is 1. The highest BCUT2D eigenvalue weighted by Crippen LogP contribution is 2.28. The highest BCUT2D eigenvalue weighted by atomic mass is 19.1. The van der Waals surface area contributed by atoms with Crippen molar-refractivity contribution in [3.05, 3.63) is 35.8 Å². The minimum atomic E-state index is -0.271. The Labute approximate surface area is 120 Å². The number of benzene rings is 1. The summed E-state index contributed by atoms with van der Waals surface area (Å²) >= 11 is 0. The molecule has 108 valence electrons. The predicted molar refractivity (Wildman–Crippen MR) is 77.1 cm³/mol. The smallest absolute Gasteiger partial charge is 0.235 e. The molecule has 7 heteroatoms. The van der Waals surface area contributed by atoms with E-state index in [2.05, 4.69) is 25.5 Å². The van der Waals surface area contributed by atoms with Gasteiger partial charge in [-0.25, -0.2) is 4.39 Å². The first-order chi connectivity index (χ1) is 10.2. The summed E-state index contributed by atoms with van der Waals surface area (Å²) in [5.74, 6) is 1.06. The summed E-state index contributed by atoms with van der Waals surface area (Å²) in [7, 11) is 0. The number of halogens is 1. The molecule has 2 aromatic heterocycles. The molecular weight excluding hydrogens is 273 g/mol. The van der Waals surface area contributed by atoms with Crippen LogP contribution in [0.15, 0.2) is 24.4 Å². The molecule has 0 spiro atoms. The molecule has 0 aliphatic carbocycles. The van der Waals surface area contributed by atoms with Gasteiger partial charge in [0, 0.05) is 6.54 Å². The minimum Gasteiger partial charge on any atom is -0.438 e. The van der Waals surface area contributed by atoms with Gasteiger partial charge in [0.1, 0.15) is 17.0 Å². The van der Waals surface area contributed by atoms with Crippen molar-refractivity contribution in [1.29, 1.82) is 0 Å². The molecule has 0 bridgehead atoms. The van der Waals surface area contributed by atoms with Crippen LogP contribution in [0.2, 0.25) is 0 Å². The van der Waals surface area contributed by atoms with Crippen LogP contribution in [0.25, 0.3) is 11.0 Å². The number of anilines is 1. The van der Waals surface area contributed by atoms with E-state index in [1.54, 1.807) is 25.3 Å². The van der Waals surface area contributed by atoms with Gasteiger partial charge in [0.15, 0.2) is 5.65 Å². The van der Waals surface area contributed by atoms with Crippen LogP contribution in [-0.4, -0.2) is 26.7 Å². The molecule has 21 heavy (non-hydrogen) atoms. The van der Waals surface area contributed by atoms with Crippen LogP contribution >= 0.6 is 0 Å². The maximum atomic E-state index is 13.3. The van der Waals surface area contributed by atoms with Gasteiger partial charge in [0.05, 0.1) is 6.20 Å². The third-order valence-corrected chi connectivity index (χ3v) is 2.95. The Morgan fingerprint density at radius 3 is 2.95 bits per heavy atom. The molecule has 0 fully saturated rings. The van der Waals surface area contributed by atoms with Crippen LogP contribution in [0, 0.1) is 12.7 Å². The number of rotatable bonds is 4. The molecule has 3 rings (SSSR count). The van der Waals surface area contributed by atoms with Gasteiger partial charge in [-0.05, 0) is 37.6 Å². The SMILES string of the molecule is CCNc1nc(Oc2ccc(F)c(C)c2)c2cn[nH]c2n1. The van der Waals surface area contributed by atoms with Crippen molar-refractivity contribution < 1.29 is 9.13 Å². The van der Waals surface area contributed by atoms with Crippen molar-refractivity contribution in [2.45, 2.75) is 13.8 Å². The highest BCUT2D eigenvalue weighted by molar-refractivity contribution is 5.80. The van der Waals surface area contributed by atoms with E-state index in [0.717, 1.165) is 0 Å². The molecule has 1 aromatic carbocycles. The first-order valence-corrected chi connectivity index (χ1v) is 6.56. The number of nitrogens with one attached hydrogen (secondary N) is 2. The second kappa shape index (κ2) is 5.35. The van der Waals surface area contributed by atoms with Gasteiger partial charge < -0.3 is 10.1 Å². The molecule has 0 saturated heterocycles. The summed E-state index contributed by atoms with van der Waals surface area (Å²) in [6.45, 7) is 4.32. The van der Waals surface area contributed by atoms with Crippen LogP contribution in [0.5, 0.6) is 11.6 Å². The lowest BCUT2D eigenvalue weighted by molar-refractivity contribution is 0.466. The normalized spacial score (nSPS) is 10.8. The topological polar surface area (TPSA) is 75.7 Å². The second-order valence-electron chi connectivity index (χ2n) is 4.53. The number of aryl methyl sites for hydroxylation is 1. The van der Waals surface area contributed by atoms with E-state index in [1.807, 2.05) is 6.92 Å². The second-order valence-corrected chi connectivity index (χ2v) is 4.53. The summed E-state index contributed by atoms with van der Waals surface area (Å²) in [5, 5.41) is 10.4. The molecule has 2 heterocycles. The minimum absolute atomic E-state index is 0.271. The van der Waals surface area contributed by atoms with Gasteiger partial charge in [0.2, 0.25) is 11.8 Å². The number of nitrogens with zero attached hydrogens (tertiary/aromatic N) is 3. The fourth-order valence-corrected chi connectivity index (χ4v) is 1.92. The molecule has 0 aliphatic heterocycles. The molecule has 3 aromatic rings. The maximum absolute atomic E-state index is 13.3. The number of H-pyrrole nitrogens is 1. The number of hydrogen-bond donors (Lipinski definition) is 2. The molecule has 0 unspecified atom stereocenters. The van der Waals surface area contributed by atoms with Gasteiger partial charge in [0.25, 0.3) is 0 Å². The Morgan fingerprint density at radius 1 is 1.33 bits per heavy atom. The zero-order chi connectivity index (χ0) is 14.8. The Bertz CT molecular complexity index is 786. The van der Waals surface area contributed by atoms with Crippen LogP contribution in [-0.2, 0) is 0 Å². The summed E-state index contributed by atoms with van der Waals surface area (Å²) in [5.41, 5.74) is 1.09. The Balaban J connectivity index is 2.01. The van der Waals surface area contributed by atoms with Crippen molar-refractivity contribution >= 4 is 17.0 Å². The molecule has 0 atom stereocenters. The van der Waals surface area contributed by atoms with Crippen LogP contribution < -0.4 is 10.1 Å². The van der Waals surface area contributed by atoms with Crippen molar-refractivity contribution in [3.8, 4) is 11.6 Å². The third-order valence-electron chi connectivity index (χ3n) is 2.95. The first kappa shape index (κ1) is 13.3. The Kier molecular flexibility index (Phi) is 3.39. The van der Waals surface area contributed by atoms with Crippen molar-refractivity contribution in [1.82, 2.24) is 20.2 Å². The lowest BCUT2D eigenvalue weighted by Gasteiger charge is -2.08. The Morgan fingerprint density at radius 2 is 2.19 bits per heavy atom. The zero-order valence-electron chi connectivity index (χ0n) is 11.6. The molecule has 6 nitrogen and oxygen atoms in total. The largest absolute Gasteiger partial charge is 0.438 e. The predicted octanol–water partition coefficient (Wildman–Crippen LogP) is 3.02. The molecule has 0 amide bonds. The van der Waals surface area contributed by atoms with Crippen LogP contribution in [0.3, 0.4) is 0 Å². The monoisotopic (exact) mass is 287 g/mol. The standard InChI is InChI=1S/C14H14FN5O/c1-3-16-14-18-12-10(7-17-20-12)13(19-14)21-9-4-5-11(15)8(2)6-9/h4-7H,3H2,1-2H3,(H2,16,17,18,19,20). The zero-order valence-corrected chi connectivity index (χ0v) is 11.6. The number of ether oxygens (including phenoxy) is 1. The molecular formula is C14H14FN5O. The Hall–Kier alpha value is -2.70. The van der Waals surface area contributed by atoms with E-state index in [-0.39, 0.29) is 5.82 Å². The van der Waals surface area contributed by atoms with Crippen LogP contribution in [0.1, 0.15) is 12.5 Å². The van der Waals surface area contributed by atoms with Crippen molar-refractivity contribution in [3.63, 3.8) is 0 Å². The average molecular weight is 287 g/mol. The summed E-state index contributed by atoms with van der Waals surface area (Å²) in [4.78, 5) is 8.59. The summed E-state index contributed by atoms with van der Waals surface area (Å²) in [6, 6.07) is 4.54. The molecule has 0 saturated carbocycles. The number of fused-ring (bicyclic) bond motifs is 1. The first-order valence-electron chi connectivity index (χ1n) is 6.56. The van der Waals surface area contributed by atoms with Gasteiger partial charge in [-0.15, -0.1) is 0 Å². The number of hydrogen-bond acceptors (Lipinski definition) is 5. The highest BCUT2D eigenvalue weighted by Gasteiger charge is 2.12. The van der Waals surface area contributed by atoms with Gasteiger partial charge in [-0.1, -0.05) is 0 Å². The lowest BCUT2D eigenvalue weighted by atomic mass is 10.2. The quantitative estimate of drug-likeness (QED) is 0.771. The third kappa shape index (κ3) is 2.62. The van der Waals surface area contributed by atoms with E-state index < -0.39 is 0 Å². The lowest BCUT2D eigenvalue weighted by Crippen LogP contribution is -2.03. The summed E-state index contributed by atoms with van der Waals surface area (Å²) < 4.78 is 19.1. The summed E-state index contributed by atoms with van der Waals surface area (Å²) in [6.07, 6.45) is 1.59. The molecule has 0 aliphatic rings. The molecule has 0 radical (unpaired) electrons. The van der Waals surface area contributed by atoms with E-state index in [4.69, 9.17) is 4.74 Å². The van der Waals surface area contributed by atoms with Crippen LogP contribution in [0.4, 0.5) is 10.3 Å². The fraction of sp³-hybridized carbons (Fsp3) is 0.214. The van der Waals surface area contributed by atoms with Gasteiger partial charge in [-0.2, -0.15) is 15.1 Å². The number of aromatic nitrogens is 4. The van der Waals surface area contributed by atoms with Gasteiger partial charge in [-0.3, -0.25) is 5.10 Å².